The zero-order valence-electron chi connectivity index (χ0n) is 14.1. The van der Waals surface area contributed by atoms with Crippen molar-refractivity contribution in [3.63, 3.8) is 0 Å². The molecule has 2 heterocycles. The van der Waals surface area contributed by atoms with E-state index >= 15 is 0 Å². The van der Waals surface area contributed by atoms with Crippen LogP contribution in [-0.2, 0) is 12.7 Å². The van der Waals surface area contributed by atoms with Crippen molar-refractivity contribution in [1.29, 1.82) is 0 Å². The van der Waals surface area contributed by atoms with E-state index in [0.717, 1.165) is 6.07 Å². The SMILES string of the molecule is OCCOc1c(CNc2nc(Cl)nc3ncc(Br)cc23)cccc1C(F)(F)F. The van der Waals surface area contributed by atoms with E-state index in [1.165, 1.54) is 12.1 Å². The van der Waals surface area contributed by atoms with E-state index in [1.54, 1.807) is 12.3 Å². The van der Waals surface area contributed by atoms with E-state index < -0.39 is 18.3 Å². The largest absolute Gasteiger partial charge is 0.490 e. The first-order valence-electron chi connectivity index (χ1n) is 7.95. The number of nitrogens with zero attached hydrogens (tertiary/aromatic N) is 3. The number of fused-ring (bicyclic) bond motifs is 1. The Kier molecular flexibility index (Phi) is 6.21. The third kappa shape index (κ3) is 4.62. The first-order valence-corrected chi connectivity index (χ1v) is 9.12. The van der Waals surface area contributed by atoms with E-state index in [2.05, 4.69) is 36.2 Å². The summed E-state index contributed by atoms with van der Waals surface area (Å²) in [6, 6.07) is 5.42. The summed E-state index contributed by atoms with van der Waals surface area (Å²) in [4.78, 5) is 12.3. The third-order valence-corrected chi connectivity index (χ3v) is 4.28. The lowest BCUT2D eigenvalue weighted by molar-refractivity contribution is -0.139. The standard InChI is InChI=1S/C17H13BrClF3N4O2/c18-10-6-11-14(25-16(19)26-15(11)24-8-10)23-7-9-2-1-3-12(17(20,21)22)13(9)28-5-4-27/h1-3,6,8,27H,4-5,7H2,(H,23,24,25,26). The Morgan fingerprint density at radius 2 is 2.04 bits per heavy atom. The zero-order chi connectivity index (χ0) is 20.3. The van der Waals surface area contributed by atoms with Crippen molar-refractivity contribution < 1.29 is 23.0 Å². The van der Waals surface area contributed by atoms with E-state index in [9.17, 15) is 13.2 Å². The number of benzene rings is 1. The lowest BCUT2D eigenvalue weighted by atomic mass is 10.1. The number of pyridine rings is 1. The Morgan fingerprint density at radius 1 is 1.25 bits per heavy atom. The van der Waals surface area contributed by atoms with Crippen LogP contribution < -0.4 is 10.1 Å². The predicted molar refractivity (Wildman–Crippen MR) is 101 cm³/mol. The fourth-order valence-electron chi connectivity index (χ4n) is 2.54. The van der Waals surface area contributed by atoms with Gasteiger partial charge < -0.3 is 15.2 Å². The Balaban J connectivity index is 1.97. The molecule has 0 bridgehead atoms. The highest BCUT2D eigenvalue weighted by Gasteiger charge is 2.35. The molecule has 0 unspecified atom stereocenters. The maximum absolute atomic E-state index is 13.3. The van der Waals surface area contributed by atoms with Crippen LogP contribution in [0.4, 0.5) is 19.0 Å². The maximum Gasteiger partial charge on any atom is 0.419 e. The molecule has 0 saturated heterocycles. The fourth-order valence-corrected chi connectivity index (χ4v) is 3.04. The van der Waals surface area contributed by atoms with Crippen molar-refractivity contribution in [2.45, 2.75) is 12.7 Å². The predicted octanol–water partition coefficient (Wildman–Crippen LogP) is 4.44. The molecule has 0 spiro atoms. The monoisotopic (exact) mass is 476 g/mol. The van der Waals surface area contributed by atoms with Gasteiger partial charge in [-0.1, -0.05) is 12.1 Å². The number of aliphatic hydroxyl groups is 1. The van der Waals surface area contributed by atoms with E-state index in [1.807, 2.05) is 0 Å². The molecular formula is C17H13BrClF3N4O2. The van der Waals surface area contributed by atoms with Crippen LogP contribution in [0.3, 0.4) is 0 Å². The first-order chi connectivity index (χ1) is 13.3. The molecule has 3 rings (SSSR count). The summed E-state index contributed by atoms with van der Waals surface area (Å²) in [5.74, 6) is -0.0327. The Labute approximate surface area is 170 Å². The maximum atomic E-state index is 13.3. The van der Waals surface area contributed by atoms with Gasteiger partial charge in [0.25, 0.3) is 0 Å². The first kappa shape index (κ1) is 20.6. The van der Waals surface area contributed by atoms with Gasteiger partial charge in [0.05, 0.1) is 17.6 Å². The molecule has 6 nitrogen and oxygen atoms in total. The smallest absolute Gasteiger partial charge is 0.419 e. The van der Waals surface area contributed by atoms with Crippen LogP contribution in [0.15, 0.2) is 34.9 Å². The highest BCUT2D eigenvalue weighted by molar-refractivity contribution is 9.10. The number of hydrogen-bond donors (Lipinski definition) is 2. The Morgan fingerprint density at radius 3 is 2.75 bits per heavy atom. The number of halogens is 5. The molecule has 148 valence electrons. The number of nitrogens with one attached hydrogen (secondary N) is 1. The molecule has 0 aliphatic heterocycles. The molecule has 0 saturated carbocycles. The number of rotatable bonds is 6. The van der Waals surface area contributed by atoms with E-state index in [0.29, 0.717) is 21.3 Å². The number of para-hydroxylation sites is 1. The van der Waals surface area contributed by atoms with Crippen LogP contribution >= 0.6 is 27.5 Å². The summed E-state index contributed by atoms with van der Waals surface area (Å²) in [6.45, 7) is -0.705. The van der Waals surface area contributed by atoms with Crippen LogP contribution in [0.25, 0.3) is 11.0 Å². The van der Waals surface area contributed by atoms with Gasteiger partial charge in [0.15, 0.2) is 5.65 Å². The molecule has 3 aromatic rings. The highest BCUT2D eigenvalue weighted by atomic mass is 79.9. The van der Waals surface area contributed by atoms with Crippen LogP contribution in [0.2, 0.25) is 5.28 Å². The second-order valence-corrected chi connectivity index (χ2v) is 6.84. The second kappa shape index (κ2) is 8.46. The van der Waals surface area contributed by atoms with Crippen molar-refractivity contribution in [3.05, 3.63) is 51.3 Å². The lowest BCUT2D eigenvalue weighted by Crippen LogP contribution is -2.14. The van der Waals surface area contributed by atoms with E-state index in [-0.39, 0.29) is 29.7 Å². The zero-order valence-corrected chi connectivity index (χ0v) is 16.4. The Bertz CT molecular complexity index is 1000. The second-order valence-electron chi connectivity index (χ2n) is 5.58. The van der Waals surface area contributed by atoms with Gasteiger partial charge in [-0.25, -0.2) is 9.97 Å². The van der Waals surface area contributed by atoms with Crippen LogP contribution in [0.5, 0.6) is 5.75 Å². The van der Waals surface area contributed by atoms with Gasteiger partial charge >= 0.3 is 6.18 Å². The minimum absolute atomic E-state index is 0.0281. The molecule has 1 aromatic carbocycles. The number of aliphatic hydroxyl groups excluding tert-OH is 1. The van der Waals surface area contributed by atoms with Gasteiger partial charge in [-0.15, -0.1) is 0 Å². The minimum Gasteiger partial charge on any atom is -0.490 e. The molecular weight excluding hydrogens is 465 g/mol. The van der Waals surface area contributed by atoms with Gasteiger partial charge in [-0.05, 0) is 39.7 Å². The van der Waals surface area contributed by atoms with Gasteiger partial charge in [-0.2, -0.15) is 18.2 Å². The molecule has 0 amide bonds. The average molecular weight is 478 g/mol. The highest BCUT2D eigenvalue weighted by Crippen LogP contribution is 2.38. The number of hydrogen-bond acceptors (Lipinski definition) is 6. The summed E-state index contributed by atoms with van der Waals surface area (Å²) >= 11 is 9.22. The molecule has 28 heavy (non-hydrogen) atoms. The van der Waals surface area contributed by atoms with Gasteiger partial charge in [0.2, 0.25) is 5.28 Å². The molecule has 2 N–H and O–H groups in total. The van der Waals surface area contributed by atoms with Crippen molar-refractivity contribution in [2.24, 2.45) is 0 Å². The molecule has 2 aromatic heterocycles. The van der Waals surface area contributed by atoms with Crippen LogP contribution in [0, 0.1) is 0 Å². The molecule has 0 aliphatic carbocycles. The van der Waals surface area contributed by atoms with Crippen LogP contribution in [0.1, 0.15) is 11.1 Å². The topological polar surface area (TPSA) is 80.2 Å². The van der Waals surface area contributed by atoms with Crippen molar-refractivity contribution in [1.82, 2.24) is 15.0 Å². The summed E-state index contributed by atoms with van der Waals surface area (Å²) in [6.07, 6.45) is -3.05. The summed E-state index contributed by atoms with van der Waals surface area (Å²) < 4.78 is 45.8. The molecule has 11 heteroatoms. The quantitative estimate of drug-likeness (QED) is 0.511. The normalized spacial score (nSPS) is 11.6. The number of alkyl halides is 3. The number of anilines is 1. The summed E-state index contributed by atoms with van der Waals surface area (Å²) in [5.41, 5.74) is -0.337. The number of ether oxygens (including phenoxy) is 1. The fraction of sp³-hybridized carbons (Fsp3) is 0.235. The lowest BCUT2D eigenvalue weighted by Gasteiger charge is -2.18. The minimum atomic E-state index is -4.60. The average Bonchev–Trinajstić information content (AvgIpc) is 2.64. The Hall–Kier alpha value is -2.17. The third-order valence-electron chi connectivity index (χ3n) is 3.68. The van der Waals surface area contributed by atoms with Gasteiger partial charge in [0, 0.05) is 22.8 Å². The summed E-state index contributed by atoms with van der Waals surface area (Å²) in [5, 5.41) is 12.4. The van der Waals surface area contributed by atoms with E-state index in [4.69, 9.17) is 21.4 Å². The van der Waals surface area contributed by atoms with Crippen molar-refractivity contribution in [3.8, 4) is 5.75 Å². The number of aromatic nitrogens is 3. The van der Waals surface area contributed by atoms with Gasteiger partial charge in [-0.3, -0.25) is 0 Å². The molecule has 0 radical (unpaired) electrons. The van der Waals surface area contributed by atoms with Crippen molar-refractivity contribution in [2.75, 3.05) is 18.5 Å². The van der Waals surface area contributed by atoms with Crippen molar-refractivity contribution >= 4 is 44.4 Å². The molecule has 0 aliphatic rings. The molecule has 0 atom stereocenters. The summed E-state index contributed by atoms with van der Waals surface area (Å²) in [7, 11) is 0. The van der Waals surface area contributed by atoms with Gasteiger partial charge in [0.1, 0.15) is 18.2 Å². The molecule has 0 fully saturated rings. The van der Waals surface area contributed by atoms with Crippen LogP contribution in [-0.4, -0.2) is 33.3 Å².